The van der Waals surface area contributed by atoms with Crippen molar-refractivity contribution in [1.82, 2.24) is 15.5 Å². The monoisotopic (exact) mass is 271 g/mol. The number of hydrogen-bond donors (Lipinski definition) is 2. The van der Waals surface area contributed by atoms with E-state index in [0.717, 1.165) is 18.1 Å². The molecule has 2 N–H and O–H groups in total. The van der Waals surface area contributed by atoms with E-state index in [-0.39, 0.29) is 0 Å². The maximum Gasteiger partial charge on any atom is 0.166 e. The van der Waals surface area contributed by atoms with E-state index in [4.69, 9.17) is 12.2 Å². The summed E-state index contributed by atoms with van der Waals surface area (Å²) in [5.74, 6) is 0.691. The van der Waals surface area contributed by atoms with Gasteiger partial charge in [0.25, 0.3) is 0 Å². The van der Waals surface area contributed by atoms with Gasteiger partial charge in [0.15, 0.2) is 5.11 Å². The second kappa shape index (κ2) is 7.95. The van der Waals surface area contributed by atoms with Crippen LogP contribution in [0.3, 0.4) is 0 Å². The molecule has 1 atom stereocenters. The molecule has 1 fully saturated rings. The smallest absolute Gasteiger partial charge is 0.166 e. The van der Waals surface area contributed by atoms with Crippen LogP contribution in [-0.2, 0) is 0 Å². The van der Waals surface area contributed by atoms with E-state index in [9.17, 15) is 0 Å². The van der Waals surface area contributed by atoms with E-state index in [2.05, 4.69) is 43.5 Å². The summed E-state index contributed by atoms with van der Waals surface area (Å²) in [4.78, 5) is 2.22. The van der Waals surface area contributed by atoms with Crippen molar-refractivity contribution >= 4 is 17.3 Å². The van der Waals surface area contributed by atoms with Gasteiger partial charge in [0.1, 0.15) is 0 Å². The lowest BCUT2D eigenvalue weighted by Crippen LogP contribution is -2.48. The Bertz CT molecular complexity index is 237. The van der Waals surface area contributed by atoms with Crippen LogP contribution in [0.5, 0.6) is 0 Å². The summed E-state index contributed by atoms with van der Waals surface area (Å²) in [6.45, 7) is 5.56. The topological polar surface area (TPSA) is 27.3 Å². The van der Waals surface area contributed by atoms with Gasteiger partial charge in [-0.2, -0.15) is 0 Å². The van der Waals surface area contributed by atoms with Crippen molar-refractivity contribution in [3.05, 3.63) is 0 Å². The highest BCUT2D eigenvalue weighted by Crippen LogP contribution is 2.17. The maximum atomic E-state index is 5.43. The van der Waals surface area contributed by atoms with Crippen LogP contribution in [0.15, 0.2) is 0 Å². The van der Waals surface area contributed by atoms with Crippen LogP contribution < -0.4 is 10.6 Å². The molecule has 1 aliphatic carbocycles. The second-order valence-electron chi connectivity index (χ2n) is 6.19. The predicted molar refractivity (Wildman–Crippen MR) is 82.9 cm³/mol. The van der Waals surface area contributed by atoms with E-state index in [0.29, 0.717) is 18.0 Å². The molecule has 0 aromatic heterocycles. The molecule has 0 amide bonds. The fourth-order valence-corrected chi connectivity index (χ4v) is 3.00. The molecular weight excluding hydrogens is 242 g/mol. The average molecular weight is 271 g/mol. The first-order valence-corrected chi connectivity index (χ1v) is 7.60. The Balaban J connectivity index is 2.35. The van der Waals surface area contributed by atoms with Gasteiger partial charge in [-0.3, -0.25) is 0 Å². The van der Waals surface area contributed by atoms with Gasteiger partial charge < -0.3 is 15.5 Å². The highest BCUT2D eigenvalue weighted by atomic mass is 32.1. The summed E-state index contributed by atoms with van der Waals surface area (Å²) in [6.07, 6.45) is 6.38. The molecule has 0 aromatic rings. The van der Waals surface area contributed by atoms with Gasteiger partial charge in [0.05, 0.1) is 0 Å². The molecule has 0 radical (unpaired) electrons. The third-order valence-electron chi connectivity index (χ3n) is 3.37. The molecule has 1 unspecified atom stereocenters. The minimum absolute atomic E-state index is 0.446. The molecule has 4 heteroatoms. The van der Waals surface area contributed by atoms with Gasteiger partial charge >= 0.3 is 0 Å². The molecule has 106 valence electrons. The largest absolute Gasteiger partial charge is 0.360 e. The molecule has 3 nitrogen and oxygen atoms in total. The number of likely N-dealkylation sites (N-methyl/N-ethyl adjacent to an activating group) is 1. The number of nitrogens with zero attached hydrogens (tertiary/aromatic N) is 1. The molecule has 1 aliphatic rings. The summed E-state index contributed by atoms with van der Waals surface area (Å²) in [6, 6.07) is 1.05. The van der Waals surface area contributed by atoms with Gasteiger partial charge in [-0.25, -0.2) is 0 Å². The van der Waals surface area contributed by atoms with Crippen molar-refractivity contribution in [2.75, 3.05) is 20.6 Å². The first-order valence-electron chi connectivity index (χ1n) is 7.19. The molecule has 1 saturated carbocycles. The lowest BCUT2D eigenvalue weighted by atomic mass is 10.0. The van der Waals surface area contributed by atoms with E-state index >= 15 is 0 Å². The van der Waals surface area contributed by atoms with E-state index < -0.39 is 0 Å². The molecule has 1 rings (SSSR count). The number of thiocarbonyl (C=S) groups is 1. The van der Waals surface area contributed by atoms with Crippen molar-refractivity contribution in [2.45, 2.75) is 58.0 Å². The van der Waals surface area contributed by atoms with Crippen LogP contribution in [0.1, 0.15) is 46.0 Å². The Hall–Kier alpha value is -0.350. The van der Waals surface area contributed by atoms with Crippen LogP contribution in [0.25, 0.3) is 0 Å². The molecule has 0 bridgehead atoms. The molecule has 0 aromatic carbocycles. The summed E-state index contributed by atoms with van der Waals surface area (Å²) in [7, 11) is 4.23. The van der Waals surface area contributed by atoms with Gasteiger partial charge in [-0.1, -0.05) is 26.7 Å². The first-order chi connectivity index (χ1) is 8.47. The molecular formula is C14H29N3S. The normalized spacial score (nSPS) is 18.3. The summed E-state index contributed by atoms with van der Waals surface area (Å²) >= 11 is 5.43. The fraction of sp³-hybridized carbons (Fsp3) is 0.929. The van der Waals surface area contributed by atoms with Crippen LogP contribution in [0.2, 0.25) is 0 Å². The van der Waals surface area contributed by atoms with Crippen LogP contribution in [0, 0.1) is 5.92 Å². The summed E-state index contributed by atoms with van der Waals surface area (Å²) < 4.78 is 0. The van der Waals surface area contributed by atoms with E-state index in [1.165, 1.54) is 25.7 Å². The van der Waals surface area contributed by atoms with Crippen LogP contribution in [0.4, 0.5) is 0 Å². The minimum Gasteiger partial charge on any atom is -0.360 e. The number of nitrogens with one attached hydrogen (secondary N) is 2. The zero-order valence-corrected chi connectivity index (χ0v) is 13.1. The Labute approximate surface area is 118 Å². The van der Waals surface area contributed by atoms with E-state index in [1.54, 1.807) is 0 Å². The third-order valence-corrected chi connectivity index (χ3v) is 3.60. The second-order valence-corrected chi connectivity index (χ2v) is 6.60. The fourth-order valence-electron chi connectivity index (χ4n) is 2.67. The van der Waals surface area contributed by atoms with Crippen LogP contribution in [-0.4, -0.2) is 42.7 Å². The molecule has 0 aliphatic heterocycles. The average Bonchev–Trinajstić information content (AvgIpc) is 2.67. The lowest BCUT2D eigenvalue weighted by molar-refractivity contribution is 0.327. The summed E-state index contributed by atoms with van der Waals surface area (Å²) in [5, 5.41) is 7.78. The Morgan fingerprint density at radius 2 is 1.89 bits per heavy atom. The minimum atomic E-state index is 0.446. The zero-order valence-electron chi connectivity index (χ0n) is 12.3. The maximum absolute atomic E-state index is 5.43. The third kappa shape index (κ3) is 6.55. The quantitative estimate of drug-likeness (QED) is 0.725. The van der Waals surface area contributed by atoms with Gasteiger partial charge in [0, 0.05) is 18.6 Å². The predicted octanol–water partition coefficient (Wildman–Crippen LogP) is 2.37. The first kappa shape index (κ1) is 15.7. The highest BCUT2D eigenvalue weighted by Gasteiger charge is 2.18. The molecule has 18 heavy (non-hydrogen) atoms. The van der Waals surface area contributed by atoms with Gasteiger partial charge in [0.2, 0.25) is 0 Å². The van der Waals surface area contributed by atoms with Gasteiger partial charge in [-0.15, -0.1) is 0 Å². The summed E-state index contributed by atoms with van der Waals surface area (Å²) in [5.41, 5.74) is 0. The molecule has 0 saturated heterocycles. The van der Waals surface area contributed by atoms with Crippen molar-refractivity contribution < 1.29 is 0 Å². The van der Waals surface area contributed by atoms with Crippen molar-refractivity contribution in [1.29, 1.82) is 0 Å². The number of hydrogen-bond acceptors (Lipinski definition) is 2. The highest BCUT2D eigenvalue weighted by molar-refractivity contribution is 7.80. The molecule has 0 spiro atoms. The SMILES string of the molecule is CC(C)CC(CN(C)C)NC(=S)NC1CCCC1. The van der Waals surface area contributed by atoms with Crippen molar-refractivity contribution in [2.24, 2.45) is 5.92 Å². The zero-order chi connectivity index (χ0) is 13.5. The van der Waals surface area contributed by atoms with Crippen LogP contribution >= 0.6 is 12.2 Å². The van der Waals surface area contributed by atoms with Crippen molar-refractivity contribution in [3.8, 4) is 0 Å². The Morgan fingerprint density at radius 3 is 2.39 bits per heavy atom. The lowest BCUT2D eigenvalue weighted by Gasteiger charge is -2.26. The standard InChI is InChI=1S/C14H29N3S/c1-11(2)9-13(10-17(3)4)16-14(18)15-12-7-5-6-8-12/h11-13H,5-10H2,1-4H3,(H2,15,16,18). The Kier molecular flexibility index (Phi) is 6.94. The number of rotatable bonds is 6. The molecule has 0 heterocycles. The van der Waals surface area contributed by atoms with Crippen molar-refractivity contribution in [3.63, 3.8) is 0 Å². The Morgan fingerprint density at radius 1 is 1.28 bits per heavy atom. The van der Waals surface area contributed by atoms with E-state index in [1.807, 2.05) is 0 Å². The van der Waals surface area contributed by atoms with Gasteiger partial charge in [-0.05, 0) is 51.5 Å².